The molecule has 0 bridgehead atoms. The molecule has 1 N–H and O–H groups in total. The lowest BCUT2D eigenvalue weighted by molar-refractivity contribution is -0.385. The van der Waals surface area contributed by atoms with Crippen molar-refractivity contribution in [1.29, 1.82) is 0 Å². The molecule has 0 aliphatic heterocycles. The smallest absolute Gasteiger partial charge is 0.272 e. The summed E-state index contributed by atoms with van der Waals surface area (Å²) in [7, 11) is 0. The molecule has 8 heteroatoms. The second-order valence-electron chi connectivity index (χ2n) is 3.82. The van der Waals surface area contributed by atoms with Crippen molar-refractivity contribution in [3.05, 3.63) is 49.9 Å². The number of hydrogen-bond donors (Lipinski definition) is 1. The highest BCUT2D eigenvalue weighted by Crippen LogP contribution is 2.18. The quantitative estimate of drug-likeness (QED) is 0.211. The van der Waals surface area contributed by atoms with Gasteiger partial charge >= 0.3 is 0 Å². The minimum Gasteiger partial charge on any atom is -0.352 e. The predicted octanol–water partition coefficient (Wildman–Crippen LogP) is 2.33. The molecular weight excluding hydrogens is 250 g/mol. The molecule has 1 amide bonds. The molecule has 0 heterocycles. The number of carbonyl (C=O) groups excluding carboxylic acids is 1. The average molecular weight is 263 g/mol. The van der Waals surface area contributed by atoms with Crippen molar-refractivity contribution in [2.75, 3.05) is 13.1 Å². The van der Waals surface area contributed by atoms with E-state index in [1.165, 1.54) is 18.2 Å². The van der Waals surface area contributed by atoms with Gasteiger partial charge in [0, 0.05) is 35.2 Å². The van der Waals surface area contributed by atoms with Crippen LogP contribution in [0.2, 0.25) is 0 Å². The van der Waals surface area contributed by atoms with Crippen molar-refractivity contribution in [2.24, 2.45) is 5.11 Å². The Bertz CT molecular complexity index is 537. The number of hydrogen-bond acceptors (Lipinski definition) is 4. The van der Waals surface area contributed by atoms with Crippen LogP contribution >= 0.6 is 0 Å². The first-order valence-electron chi connectivity index (χ1n) is 5.60. The van der Waals surface area contributed by atoms with Gasteiger partial charge in [0.25, 0.3) is 11.6 Å². The Morgan fingerprint density at radius 3 is 2.89 bits per heavy atom. The lowest BCUT2D eigenvalue weighted by Gasteiger charge is -2.05. The molecule has 1 aromatic rings. The molecular formula is C11H13N5O3. The fourth-order valence-corrected chi connectivity index (χ4v) is 1.50. The van der Waals surface area contributed by atoms with Gasteiger partial charge in [-0.15, -0.1) is 0 Å². The summed E-state index contributed by atoms with van der Waals surface area (Å²) in [5, 5.41) is 16.6. The highest BCUT2D eigenvalue weighted by molar-refractivity contribution is 5.94. The standard InChI is InChI=1S/C11H13N5O3/c1-8-7-9(3-4-10(8)16(18)19)11(17)13-5-2-6-14-15-12/h3-4,7H,2,5-6H2,1H3,(H,13,17). The molecule has 0 atom stereocenters. The third-order valence-electron chi connectivity index (χ3n) is 2.44. The van der Waals surface area contributed by atoms with Crippen LogP contribution in [0, 0.1) is 17.0 Å². The Hall–Kier alpha value is -2.60. The van der Waals surface area contributed by atoms with Gasteiger partial charge in [-0.3, -0.25) is 14.9 Å². The topological polar surface area (TPSA) is 121 Å². The van der Waals surface area contributed by atoms with Crippen LogP contribution < -0.4 is 5.32 Å². The van der Waals surface area contributed by atoms with E-state index in [0.29, 0.717) is 30.6 Å². The lowest BCUT2D eigenvalue weighted by Crippen LogP contribution is -2.24. The van der Waals surface area contributed by atoms with E-state index in [-0.39, 0.29) is 11.6 Å². The summed E-state index contributed by atoms with van der Waals surface area (Å²) in [6.07, 6.45) is 0.543. The van der Waals surface area contributed by atoms with Gasteiger partial charge in [-0.1, -0.05) is 5.11 Å². The third-order valence-corrected chi connectivity index (χ3v) is 2.44. The molecule has 8 nitrogen and oxygen atoms in total. The van der Waals surface area contributed by atoms with Crippen LogP contribution in [0.3, 0.4) is 0 Å². The van der Waals surface area contributed by atoms with Gasteiger partial charge in [0.05, 0.1) is 4.92 Å². The van der Waals surface area contributed by atoms with Crippen LogP contribution in [0.5, 0.6) is 0 Å². The van der Waals surface area contributed by atoms with Gasteiger partial charge in [-0.25, -0.2) is 0 Å². The zero-order valence-corrected chi connectivity index (χ0v) is 10.4. The number of nitrogens with zero attached hydrogens (tertiary/aromatic N) is 4. The predicted molar refractivity (Wildman–Crippen MR) is 68.8 cm³/mol. The van der Waals surface area contributed by atoms with E-state index in [0.717, 1.165) is 0 Å². The van der Waals surface area contributed by atoms with E-state index in [9.17, 15) is 14.9 Å². The Balaban J connectivity index is 2.60. The highest BCUT2D eigenvalue weighted by Gasteiger charge is 2.13. The van der Waals surface area contributed by atoms with E-state index in [4.69, 9.17) is 5.53 Å². The highest BCUT2D eigenvalue weighted by atomic mass is 16.6. The molecule has 1 aromatic carbocycles. The van der Waals surface area contributed by atoms with E-state index >= 15 is 0 Å². The number of nitro groups is 1. The second-order valence-corrected chi connectivity index (χ2v) is 3.82. The normalized spacial score (nSPS) is 9.53. The summed E-state index contributed by atoms with van der Waals surface area (Å²) in [4.78, 5) is 24.5. The minimum atomic E-state index is -0.489. The summed E-state index contributed by atoms with van der Waals surface area (Å²) in [5.74, 6) is -0.307. The number of azide groups is 1. The van der Waals surface area contributed by atoms with E-state index in [1.807, 2.05) is 0 Å². The maximum Gasteiger partial charge on any atom is 0.272 e. The molecule has 0 aromatic heterocycles. The van der Waals surface area contributed by atoms with Gasteiger partial charge in [0.1, 0.15) is 0 Å². The number of rotatable bonds is 6. The second kappa shape index (κ2) is 6.97. The Morgan fingerprint density at radius 2 is 2.32 bits per heavy atom. The first-order valence-corrected chi connectivity index (χ1v) is 5.60. The molecule has 100 valence electrons. The van der Waals surface area contributed by atoms with Crippen molar-refractivity contribution < 1.29 is 9.72 Å². The molecule has 0 aliphatic rings. The number of nitrogens with one attached hydrogen (secondary N) is 1. The molecule has 0 spiro atoms. The molecule has 1 rings (SSSR count). The molecule has 0 aliphatic carbocycles. The van der Waals surface area contributed by atoms with E-state index < -0.39 is 4.92 Å². The van der Waals surface area contributed by atoms with Crippen LogP contribution in [0.25, 0.3) is 10.4 Å². The zero-order valence-electron chi connectivity index (χ0n) is 10.4. The van der Waals surface area contributed by atoms with Crippen molar-refractivity contribution in [3.8, 4) is 0 Å². The summed E-state index contributed by atoms with van der Waals surface area (Å²) in [5.41, 5.74) is 8.86. The van der Waals surface area contributed by atoms with Gasteiger partial charge in [-0.05, 0) is 31.0 Å². The molecule has 0 unspecified atom stereocenters. The summed E-state index contributed by atoms with van der Waals surface area (Å²) in [6, 6.07) is 4.19. The largest absolute Gasteiger partial charge is 0.352 e. The fourth-order valence-electron chi connectivity index (χ4n) is 1.50. The number of aryl methyl sites for hydroxylation is 1. The molecule has 0 radical (unpaired) electrons. The Labute approximate surface area is 109 Å². The molecule has 0 saturated carbocycles. The molecule has 0 saturated heterocycles. The zero-order chi connectivity index (χ0) is 14.3. The van der Waals surface area contributed by atoms with Crippen LogP contribution in [0.15, 0.2) is 23.3 Å². The first-order chi connectivity index (χ1) is 9.06. The number of amides is 1. The number of carbonyl (C=O) groups is 1. The van der Waals surface area contributed by atoms with Gasteiger partial charge < -0.3 is 5.32 Å². The van der Waals surface area contributed by atoms with Crippen molar-refractivity contribution in [2.45, 2.75) is 13.3 Å². The maximum absolute atomic E-state index is 11.7. The lowest BCUT2D eigenvalue weighted by atomic mass is 10.1. The van der Waals surface area contributed by atoms with Crippen molar-refractivity contribution >= 4 is 11.6 Å². The third kappa shape index (κ3) is 4.29. The van der Waals surface area contributed by atoms with Gasteiger partial charge in [0.2, 0.25) is 0 Å². The Morgan fingerprint density at radius 1 is 1.58 bits per heavy atom. The van der Waals surface area contributed by atoms with Crippen LogP contribution in [0.1, 0.15) is 22.3 Å². The summed E-state index contributed by atoms with van der Waals surface area (Å²) >= 11 is 0. The van der Waals surface area contributed by atoms with Crippen LogP contribution in [-0.2, 0) is 0 Å². The van der Waals surface area contributed by atoms with E-state index in [2.05, 4.69) is 15.3 Å². The minimum absolute atomic E-state index is 0.0140. The Kier molecular flexibility index (Phi) is 5.31. The van der Waals surface area contributed by atoms with Gasteiger partial charge in [0.15, 0.2) is 0 Å². The fraction of sp³-hybridized carbons (Fsp3) is 0.364. The average Bonchev–Trinajstić information content (AvgIpc) is 2.37. The van der Waals surface area contributed by atoms with Gasteiger partial charge in [-0.2, -0.15) is 0 Å². The first kappa shape index (κ1) is 14.5. The van der Waals surface area contributed by atoms with E-state index in [1.54, 1.807) is 6.92 Å². The summed E-state index contributed by atoms with van der Waals surface area (Å²) < 4.78 is 0. The van der Waals surface area contributed by atoms with Crippen LogP contribution in [-0.4, -0.2) is 23.9 Å². The monoisotopic (exact) mass is 263 g/mol. The molecule has 19 heavy (non-hydrogen) atoms. The van der Waals surface area contributed by atoms with Crippen molar-refractivity contribution in [1.82, 2.24) is 5.32 Å². The molecule has 0 fully saturated rings. The summed E-state index contributed by atoms with van der Waals surface area (Å²) in [6.45, 7) is 2.28. The maximum atomic E-state index is 11.7. The van der Waals surface area contributed by atoms with Crippen molar-refractivity contribution in [3.63, 3.8) is 0 Å². The number of benzene rings is 1. The van der Waals surface area contributed by atoms with Crippen LogP contribution in [0.4, 0.5) is 5.69 Å². The number of nitro benzene ring substituents is 1. The SMILES string of the molecule is Cc1cc(C(=O)NCCCN=[N+]=[N-])ccc1[N+](=O)[O-].